The first-order valence-electron chi connectivity index (χ1n) is 3.73. The summed E-state index contributed by atoms with van der Waals surface area (Å²) in [6.07, 6.45) is 1.45. The standard InChI is InChI=1S/C7H14N2O2/c1-7(2)4-3-5(6(8)10)9(7)11/h5,11H,3-4H2,1-2H3,(H2,8,10). The van der Waals surface area contributed by atoms with Gasteiger partial charge in [-0.15, -0.1) is 0 Å². The average Bonchev–Trinajstić information content (AvgIpc) is 2.09. The molecule has 0 aromatic rings. The number of carbonyl (C=O) groups is 1. The van der Waals surface area contributed by atoms with Gasteiger partial charge in [0.1, 0.15) is 6.04 Å². The third-order valence-electron chi connectivity index (χ3n) is 2.27. The lowest BCUT2D eigenvalue weighted by molar-refractivity contribution is -0.172. The van der Waals surface area contributed by atoms with Crippen molar-refractivity contribution in [3.63, 3.8) is 0 Å². The van der Waals surface area contributed by atoms with Crippen molar-refractivity contribution >= 4 is 5.91 Å². The molecule has 1 rings (SSSR count). The summed E-state index contributed by atoms with van der Waals surface area (Å²) in [4.78, 5) is 10.7. The highest BCUT2D eigenvalue weighted by Gasteiger charge is 2.41. The molecule has 0 radical (unpaired) electrons. The molecular weight excluding hydrogens is 144 g/mol. The van der Waals surface area contributed by atoms with Gasteiger partial charge in [0.25, 0.3) is 0 Å². The van der Waals surface area contributed by atoms with Crippen LogP contribution in [-0.4, -0.2) is 27.8 Å². The number of amides is 1. The van der Waals surface area contributed by atoms with Crippen LogP contribution in [0.1, 0.15) is 26.7 Å². The van der Waals surface area contributed by atoms with Crippen LogP contribution in [0.3, 0.4) is 0 Å². The van der Waals surface area contributed by atoms with Gasteiger partial charge in [-0.25, -0.2) is 0 Å². The van der Waals surface area contributed by atoms with Crippen molar-refractivity contribution in [2.75, 3.05) is 0 Å². The summed E-state index contributed by atoms with van der Waals surface area (Å²) in [5.41, 5.74) is 4.76. The maximum Gasteiger partial charge on any atom is 0.237 e. The normalized spacial score (nSPS) is 30.6. The van der Waals surface area contributed by atoms with Gasteiger partial charge in [-0.05, 0) is 26.7 Å². The number of nitrogens with zero attached hydrogens (tertiary/aromatic N) is 1. The van der Waals surface area contributed by atoms with Crippen molar-refractivity contribution in [3.8, 4) is 0 Å². The number of hydroxylamine groups is 2. The van der Waals surface area contributed by atoms with Gasteiger partial charge in [-0.1, -0.05) is 0 Å². The zero-order valence-electron chi connectivity index (χ0n) is 6.87. The number of nitrogens with two attached hydrogens (primary N) is 1. The second-order valence-electron chi connectivity index (χ2n) is 3.61. The monoisotopic (exact) mass is 158 g/mol. The van der Waals surface area contributed by atoms with Gasteiger partial charge < -0.3 is 10.9 Å². The number of primary amides is 1. The van der Waals surface area contributed by atoms with Crippen LogP contribution < -0.4 is 5.73 Å². The Labute approximate surface area is 65.9 Å². The Bertz CT molecular complexity index is 179. The summed E-state index contributed by atoms with van der Waals surface area (Å²) >= 11 is 0. The Balaban J connectivity index is 2.71. The average molecular weight is 158 g/mol. The molecule has 1 fully saturated rings. The highest BCUT2D eigenvalue weighted by molar-refractivity contribution is 5.80. The lowest BCUT2D eigenvalue weighted by Gasteiger charge is -2.27. The molecule has 0 spiro atoms. The summed E-state index contributed by atoms with van der Waals surface area (Å²) in [6, 6.07) is -0.495. The van der Waals surface area contributed by atoms with Crippen molar-refractivity contribution < 1.29 is 10.0 Å². The summed E-state index contributed by atoms with van der Waals surface area (Å²) < 4.78 is 0. The minimum absolute atomic E-state index is 0.306. The summed E-state index contributed by atoms with van der Waals surface area (Å²) in [7, 11) is 0. The molecule has 4 nitrogen and oxygen atoms in total. The molecule has 1 aliphatic heterocycles. The fourth-order valence-corrected chi connectivity index (χ4v) is 1.41. The molecule has 4 heteroatoms. The van der Waals surface area contributed by atoms with Crippen LogP contribution in [-0.2, 0) is 4.79 Å². The van der Waals surface area contributed by atoms with E-state index in [2.05, 4.69) is 0 Å². The maximum absolute atomic E-state index is 10.7. The lowest BCUT2D eigenvalue weighted by Crippen LogP contribution is -2.45. The topological polar surface area (TPSA) is 66.6 Å². The minimum atomic E-state index is -0.495. The van der Waals surface area contributed by atoms with E-state index in [1.807, 2.05) is 13.8 Å². The Kier molecular flexibility index (Phi) is 1.90. The fourth-order valence-electron chi connectivity index (χ4n) is 1.41. The Morgan fingerprint density at radius 2 is 2.27 bits per heavy atom. The number of rotatable bonds is 1. The SMILES string of the molecule is CC1(C)CCC(C(N)=O)N1O. The maximum atomic E-state index is 10.7. The quantitative estimate of drug-likeness (QED) is 0.569. The molecular formula is C7H14N2O2. The zero-order chi connectivity index (χ0) is 8.65. The molecule has 1 heterocycles. The van der Waals surface area contributed by atoms with Gasteiger partial charge >= 0.3 is 0 Å². The summed E-state index contributed by atoms with van der Waals surface area (Å²) in [5.74, 6) is -0.446. The fraction of sp³-hybridized carbons (Fsp3) is 0.857. The molecule has 1 atom stereocenters. The molecule has 0 aromatic carbocycles. The molecule has 1 unspecified atom stereocenters. The summed E-state index contributed by atoms with van der Waals surface area (Å²) in [6.45, 7) is 3.77. The molecule has 1 amide bonds. The first-order chi connectivity index (χ1) is 4.95. The smallest absolute Gasteiger partial charge is 0.237 e. The van der Waals surface area contributed by atoms with Gasteiger partial charge in [0, 0.05) is 5.54 Å². The van der Waals surface area contributed by atoms with E-state index in [1.54, 1.807) is 0 Å². The van der Waals surface area contributed by atoms with Crippen molar-refractivity contribution in [2.24, 2.45) is 5.73 Å². The van der Waals surface area contributed by atoms with E-state index in [0.29, 0.717) is 6.42 Å². The van der Waals surface area contributed by atoms with Crippen LogP contribution in [0.5, 0.6) is 0 Å². The third-order valence-corrected chi connectivity index (χ3v) is 2.27. The summed E-state index contributed by atoms with van der Waals surface area (Å²) in [5, 5.41) is 10.5. The van der Waals surface area contributed by atoms with E-state index in [9.17, 15) is 10.0 Å². The van der Waals surface area contributed by atoms with Gasteiger partial charge in [0.2, 0.25) is 5.91 Å². The molecule has 11 heavy (non-hydrogen) atoms. The van der Waals surface area contributed by atoms with E-state index < -0.39 is 11.9 Å². The number of hydrogen-bond acceptors (Lipinski definition) is 3. The van der Waals surface area contributed by atoms with Crippen LogP contribution in [0.4, 0.5) is 0 Å². The second-order valence-corrected chi connectivity index (χ2v) is 3.61. The van der Waals surface area contributed by atoms with Crippen LogP contribution >= 0.6 is 0 Å². The van der Waals surface area contributed by atoms with Gasteiger partial charge in [-0.3, -0.25) is 4.79 Å². The highest BCUT2D eigenvalue weighted by atomic mass is 16.5. The molecule has 0 bridgehead atoms. The zero-order valence-corrected chi connectivity index (χ0v) is 6.87. The Morgan fingerprint density at radius 3 is 2.45 bits per heavy atom. The largest absolute Gasteiger partial charge is 0.368 e. The van der Waals surface area contributed by atoms with Crippen LogP contribution in [0.15, 0.2) is 0 Å². The molecule has 0 aromatic heterocycles. The molecule has 0 saturated carbocycles. The van der Waals surface area contributed by atoms with Crippen molar-refractivity contribution in [2.45, 2.75) is 38.3 Å². The van der Waals surface area contributed by atoms with E-state index >= 15 is 0 Å². The number of carbonyl (C=O) groups excluding carboxylic acids is 1. The van der Waals surface area contributed by atoms with E-state index in [-0.39, 0.29) is 5.54 Å². The van der Waals surface area contributed by atoms with Crippen LogP contribution in [0.2, 0.25) is 0 Å². The molecule has 3 N–H and O–H groups in total. The van der Waals surface area contributed by atoms with Crippen molar-refractivity contribution in [1.29, 1.82) is 0 Å². The molecule has 1 aliphatic rings. The van der Waals surface area contributed by atoms with Crippen LogP contribution in [0.25, 0.3) is 0 Å². The Hall–Kier alpha value is -0.610. The minimum Gasteiger partial charge on any atom is -0.368 e. The predicted octanol–water partition coefficient (Wildman–Crippen LogP) is 0.104. The number of hydrogen-bond donors (Lipinski definition) is 2. The van der Waals surface area contributed by atoms with Crippen molar-refractivity contribution in [1.82, 2.24) is 5.06 Å². The lowest BCUT2D eigenvalue weighted by atomic mass is 10.0. The third kappa shape index (κ3) is 1.36. The van der Waals surface area contributed by atoms with Gasteiger partial charge in [0.05, 0.1) is 0 Å². The molecule has 64 valence electrons. The van der Waals surface area contributed by atoms with E-state index in [4.69, 9.17) is 5.73 Å². The van der Waals surface area contributed by atoms with E-state index in [1.165, 1.54) is 0 Å². The molecule has 0 aliphatic carbocycles. The first-order valence-corrected chi connectivity index (χ1v) is 3.73. The molecule has 1 saturated heterocycles. The first kappa shape index (κ1) is 8.49. The second kappa shape index (κ2) is 2.46. The Morgan fingerprint density at radius 1 is 1.73 bits per heavy atom. The van der Waals surface area contributed by atoms with E-state index in [0.717, 1.165) is 11.5 Å². The van der Waals surface area contributed by atoms with Crippen molar-refractivity contribution in [3.05, 3.63) is 0 Å². The van der Waals surface area contributed by atoms with Gasteiger partial charge in [0.15, 0.2) is 0 Å². The highest BCUT2D eigenvalue weighted by Crippen LogP contribution is 2.30. The van der Waals surface area contributed by atoms with Gasteiger partial charge in [-0.2, -0.15) is 5.06 Å². The van der Waals surface area contributed by atoms with Crippen LogP contribution in [0, 0.1) is 0 Å². The predicted molar refractivity (Wildman–Crippen MR) is 39.9 cm³/mol.